The number of rotatable bonds is 9. The molecule has 12 aromatic carbocycles. The Bertz CT molecular complexity index is 4080. The standard InChI is InChI=1S/C74H53NO/c1-73(2)67-30-16-17-32-71(67)76-72-61(28-18-31-68(72)73)54-39-44-59(45-40-54)75(58-42-37-53(38-43-58)52-35-33-51(34-36-52)50-19-6-3-7-20-50)70-48-47-60(62-25-12-13-27-65(62)70)55-41-46-64-63-26-14-15-29-66(63)74(69(64)49-55,56-21-8-4-9-22-56)57-23-10-5-11-24-57/h3-49H,1-2H3. The Morgan fingerprint density at radius 2 is 0.763 bits per heavy atom. The third kappa shape index (κ3) is 7.24. The normalized spacial score (nSPS) is 13.4. The first-order valence-electron chi connectivity index (χ1n) is 26.4. The molecule has 12 aromatic rings. The van der Waals surface area contributed by atoms with E-state index >= 15 is 0 Å². The van der Waals surface area contributed by atoms with Crippen LogP contribution in [0, 0.1) is 0 Å². The topological polar surface area (TPSA) is 12.5 Å². The van der Waals surface area contributed by atoms with E-state index in [0.29, 0.717) is 0 Å². The third-order valence-corrected chi connectivity index (χ3v) is 16.3. The van der Waals surface area contributed by atoms with Crippen LogP contribution < -0.4 is 9.64 Å². The summed E-state index contributed by atoms with van der Waals surface area (Å²) in [6, 6.07) is 104. The molecule has 0 saturated carbocycles. The van der Waals surface area contributed by atoms with Gasteiger partial charge in [-0.3, -0.25) is 0 Å². The fraction of sp³-hybridized carbons (Fsp3) is 0.0541. The Morgan fingerprint density at radius 1 is 0.303 bits per heavy atom. The van der Waals surface area contributed by atoms with Gasteiger partial charge >= 0.3 is 0 Å². The second kappa shape index (κ2) is 18.2. The van der Waals surface area contributed by atoms with Gasteiger partial charge in [-0.2, -0.15) is 0 Å². The van der Waals surface area contributed by atoms with E-state index in [4.69, 9.17) is 4.74 Å². The predicted octanol–water partition coefficient (Wildman–Crippen LogP) is 19.8. The molecular formula is C74H53NO. The first kappa shape index (κ1) is 45.1. The van der Waals surface area contributed by atoms with Crippen molar-refractivity contribution in [1.29, 1.82) is 0 Å². The third-order valence-electron chi connectivity index (χ3n) is 16.3. The molecule has 0 atom stereocenters. The highest BCUT2D eigenvalue weighted by molar-refractivity contribution is 6.07. The molecule has 0 spiro atoms. The van der Waals surface area contributed by atoms with Gasteiger partial charge < -0.3 is 9.64 Å². The quantitative estimate of drug-likeness (QED) is 0.143. The minimum Gasteiger partial charge on any atom is -0.456 e. The molecule has 0 bridgehead atoms. The molecule has 1 aliphatic heterocycles. The van der Waals surface area contributed by atoms with Crippen molar-refractivity contribution >= 4 is 27.8 Å². The Kier molecular flexibility index (Phi) is 10.8. The molecule has 76 heavy (non-hydrogen) atoms. The molecule has 1 heterocycles. The maximum atomic E-state index is 6.77. The van der Waals surface area contributed by atoms with Crippen LogP contribution in [-0.4, -0.2) is 0 Å². The van der Waals surface area contributed by atoms with Crippen LogP contribution in [0.4, 0.5) is 17.1 Å². The summed E-state index contributed by atoms with van der Waals surface area (Å²) in [6.45, 7) is 4.59. The van der Waals surface area contributed by atoms with Gasteiger partial charge in [0.15, 0.2) is 0 Å². The van der Waals surface area contributed by atoms with Gasteiger partial charge in [0.05, 0.1) is 11.1 Å². The number of hydrogen-bond acceptors (Lipinski definition) is 2. The maximum absolute atomic E-state index is 6.77. The monoisotopic (exact) mass is 971 g/mol. The van der Waals surface area contributed by atoms with E-state index in [2.05, 4.69) is 304 Å². The summed E-state index contributed by atoms with van der Waals surface area (Å²) in [5.74, 6) is 1.84. The summed E-state index contributed by atoms with van der Waals surface area (Å²) in [5.41, 5.74) is 21.9. The molecule has 0 N–H and O–H groups in total. The van der Waals surface area contributed by atoms with Crippen molar-refractivity contribution in [2.24, 2.45) is 0 Å². The zero-order valence-electron chi connectivity index (χ0n) is 42.5. The van der Waals surface area contributed by atoms with Crippen molar-refractivity contribution in [3.05, 3.63) is 318 Å². The molecule has 2 nitrogen and oxygen atoms in total. The van der Waals surface area contributed by atoms with Crippen LogP contribution in [0.5, 0.6) is 11.5 Å². The molecule has 2 aliphatic rings. The summed E-state index contributed by atoms with van der Waals surface area (Å²) in [4.78, 5) is 2.42. The van der Waals surface area contributed by atoms with Crippen molar-refractivity contribution in [3.63, 3.8) is 0 Å². The molecule has 0 saturated heterocycles. The van der Waals surface area contributed by atoms with Crippen LogP contribution in [0.2, 0.25) is 0 Å². The molecule has 360 valence electrons. The molecule has 2 heteroatoms. The van der Waals surface area contributed by atoms with Gasteiger partial charge in [-0.1, -0.05) is 257 Å². The van der Waals surface area contributed by atoms with Crippen LogP contribution in [0.1, 0.15) is 47.2 Å². The van der Waals surface area contributed by atoms with Crippen molar-refractivity contribution in [3.8, 4) is 67.1 Å². The van der Waals surface area contributed by atoms with Gasteiger partial charge in [0.2, 0.25) is 0 Å². The van der Waals surface area contributed by atoms with E-state index < -0.39 is 5.41 Å². The highest BCUT2D eigenvalue weighted by atomic mass is 16.5. The Labute approximate surface area is 445 Å². The summed E-state index contributed by atoms with van der Waals surface area (Å²) >= 11 is 0. The lowest BCUT2D eigenvalue weighted by Gasteiger charge is -2.35. The van der Waals surface area contributed by atoms with Gasteiger partial charge in [0.1, 0.15) is 11.5 Å². The summed E-state index contributed by atoms with van der Waals surface area (Å²) in [6.07, 6.45) is 0. The van der Waals surface area contributed by atoms with Crippen LogP contribution in [0.3, 0.4) is 0 Å². The lowest BCUT2D eigenvalue weighted by Crippen LogP contribution is -2.28. The van der Waals surface area contributed by atoms with E-state index in [1.807, 2.05) is 0 Å². The molecule has 0 unspecified atom stereocenters. The molecule has 0 fully saturated rings. The lowest BCUT2D eigenvalue weighted by molar-refractivity contribution is 0.419. The van der Waals surface area contributed by atoms with Crippen LogP contribution >= 0.6 is 0 Å². The molecule has 0 aromatic heterocycles. The number of hydrogen-bond donors (Lipinski definition) is 0. The van der Waals surface area contributed by atoms with E-state index in [0.717, 1.165) is 50.6 Å². The van der Waals surface area contributed by atoms with Crippen molar-refractivity contribution < 1.29 is 4.74 Å². The van der Waals surface area contributed by atoms with Crippen molar-refractivity contribution in [1.82, 2.24) is 0 Å². The van der Waals surface area contributed by atoms with Crippen LogP contribution in [-0.2, 0) is 10.8 Å². The SMILES string of the molecule is CC1(C)c2ccccc2Oc2c(-c3ccc(N(c4ccc(-c5ccc(-c6ccccc6)cc5)cc4)c4ccc(-c5ccc6c(c5)C(c5ccccc5)(c5ccccc5)c5ccccc5-6)c5ccccc45)cc3)cccc21. The number of para-hydroxylation sites is 2. The Balaban J connectivity index is 0.901. The minimum atomic E-state index is -0.495. The zero-order chi connectivity index (χ0) is 50.8. The number of anilines is 3. The van der Waals surface area contributed by atoms with Crippen molar-refractivity contribution in [2.45, 2.75) is 24.7 Å². The average molecular weight is 972 g/mol. The van der Waals surface area contributed by atoms with Gasteiger partial charge in [-0.05, 0) is 120 Å². The zero-order valence-corrected chi connectivity index (χ0v) is 42.5. The summed E-state index contributed by atoms with van der Waals surface area (Å²) in [5, 5.41) is 2.35. The number of nitrogens with zero attached hydrogens (tertiary/aromatic N) is 1. The van der Waals surface area contributed by atoms with Gasteiger partial charge in [-0.25, -0.2) is 0 Å². The van der Waals surface area contributed by atoms with E-state index in [1.54, 1.807) is 0 Å². The predicted molar refractivity (Wildman–Crippen MR) is 316 cm³/mol. The Morgan fingerprint density at radius 3 is 1.42 bits per heavy atom. The molecule has 1 aliphatic carbocycles. The average Bonchev–Trinajstić information content (AvgIpc) is 3.79. The second-order valence-electron chi connectivity index (χ2n) is 20.7. The fourth-order valence-corrected chi connectivity index (χ4v) is 12.5. The van der Waals surface area contributed by atoms with Gasteiger partial charge in [0, 0.05) is 38.9 Å². The molecular weight excluding hydrogens is 919 g/mol. The lowest BCUT2D eigenvalue weighted by atomic mass is 9.67. The summed E-state index contributed by atoms with van der Waals surface area (Å²) in [7, 11) is 0. The molecule has 0 amide bonds. The summed E-state index contributed by atoms with van der Waals surface area (Å²) < 4.78 is 6.77. The molecule has 14 rings (SSSR count). The second-order valence-corrected chi connectivity index (χ2v) is 20.7. The maximum Gasteiger partial charge on any atom is 0.139 e. The Hall–Kier alpha value is -9.50. The number of ether oxygens (including phenoxy) is 1. The van der Waals surface area contributed by atoms with Crippen LogP contribution in [0.15, 0.2) is 285 Å². The highest BCUT2D eigenvalue weighted by Gasteiger charge is 2.46. The van der Waals surface area contributed by atoms with Gasteiger partial charge in [0.25, 0.3) is 0 Å². The van der Waals surface area contributed by atoms with E-state index in [1.165, 1.54) is 77.7 Å². The first-order valence-corrected chi connectivity index (χ1v) is 26.4. The van der Waals surface area contributed by atoms with Crippen molar-refractivity contribution in [2.75, 3.05) is 4.90 Å². The minimum absolute atomic E-state index is 0.210. The number of benzene rings is 12. The molecule has 0 radical (unpaired) electrons. The highest BCUT2D eigenvalue weighted by Crippen LogP contribution is 2.57. The largest absolute Gasteiger partial charge is 0.456 e. The van der Waals surface area contributed by atoms with Gasteiger partial charge in [-0.15, -0.1) is 0 Å². The first-order chi connectivity index (χ1) is 37.4. The fourth-order valence-electron chi connectivity index (χ4n) is 12.5. The smallest absolute Gasteiger partial charge is 0.139 e. The van der Waals surface area contributed by atoms with Crippen LogP contribution in [0.25, 0.3) is 66.4 Å². The number of fused-ring (bicyclic) bond motifs is 6. The van der Waals surface area contributed by atoms with E-state index in [9.17, 15) is 0 Å². The van der Waals surface area contributed by atoms with E-state index in [-0.39, 0.29) is 5.41 Å².